The van der Waals surface area contributed by atoms with E-state index in [1.165, 1.54) is 12.8 Å². The smallest absolute Gasteiger partial charge is 0.327 e. The molecule has 0 heterocycles. The SMILES string of the molecule is CCCCC[CH-]CCS(=O)(=O)O.[Na+]. The van der Waals surface area contributed by atoms with Gasteiger partial charge < -0.3 is 6.42 Å². The van der Waals surface area contributed by atoms with Gasteiger partial charge in [-0.25, -0.2) is 0 Å². The van der Waals surface area contributed by atoms with Crippen LogP contribution in [0, 0.1) is 6.42 Å². The van der Waals surface area contributed by atoms with Crippen molar-refractivity contribution >= 4 is 10.1 Å². The van der Waals surface area contributed by atoms with E-state index in [-0.39, 0.29) is 35.3 Å². The van der Waals surface area contributed by atoms with E-state index < -0.39 is 10.1 Å². The van der Waals surface area contributed by atoms with Gasteiger partial charge in [0, 0.05) is 5.75 Å². The molecule has 0 amide bonds. The van der Waals surface area contributed by atoms with Crippen LogP contribution in [-0.4, -0.2) is 18.7 Å². The molecule has 0 fully saturated rings. The van der Waals surface area contributed by atoms with Crippen LogP contribution in [0.4, 0.5) is 0 Å². The van der Waals surface area contributed by atoms with E-state index in [0.29, 0.717) is 6.42 Å². The Bertz CT molecular complexity index is 190. The molecule has 0 unspecified atom stereocenters. The fourth-order valence-corrected chi connectivity index (χ4v) is 1.38. The maximum Gasteiger partial charge on any atom is 1.00 e. The Hall–Kier alpha value is 0.910. The van der Waals surface area contributed by atoms with Crippen LogP contribution in [0.15, 0.2) is 0 Å². The predicted molar refractivity (Wildman–Crippen MR) is 49.5 cm³/mol. The van der Waals surface area contributed by atoms with Crippen LogP contribution in [0.25, 0.3) is 0 Å². The topological polar surface area (TPSA) is 54.4 Å². The Labute approximate surface area is 103 Å². The van der Waals surface area contributed by atoms with Crippen molar-refractivity contribution < 1.29 is 42.5 Å². The summed E-state index contributed by atoms with van der Waals surface area (Å²) in [5.74, 6) is -0.140. The molecule has 0 aliphatic carbocycles. The quantitative estimate of drug-likeness (QED) is 0.258. The van der Waals surface area contributed by atoms with E-state index in [2.05, 4.69) is 6.92 Å². The molecule has 0 radical (unpaired) electrons. The van der Waals surface area contributed by atoms with Crippen molar-refractivity contribution in [2.24, 2.45) is 0 Å². The Balaban J connectivity index is 0. The minimum Gasteiger partial charge on any atom is -0.327 e. The molecule has 1 N–H and O–H groups in total. The molecule has 3 nitrogen and oxygen atoms in total. The summed E-state index contributed by atoms with van der Waals surface area (Å²) < 4.78 is 28.9. The second-order valence-corrected chi connectivity index (χ2v) is 4.43. The van der Waals surface area contributed by atoms with E-state index >= 15 is 0 Å². The molecule has 13 heavy (non-hydrogen) atoms. The molecule has 0 saturated carbocycles. The zero-order chi connectivity index (χ0) is 9.45. The second-order valence-electron chi connectivity index (χ2n) is 2.86. The molecule has 0 rings (SSSR count). The van der Waals surface area contributed by atoms with Crippen molar-refractivity contribution in [1.29, 1.82) is 0 Å². The first-order chi connectivity index (χ1) is 5.56. The van der Waals surface area contributed by atoms with Gasteiger partial charge in [-0.15, -0.1) is 0 Å². The summed E-state index contributed by atoms with van der Waals surface area (Å²) in [4.78, 5) is 0. The van der Waals surface area contributed by atoms with Crippen molar-refractivity contribution in [3.63, 3.8) is 0 Å². The first-order valence-corrected chi connectivity index (χ1v) is 5.94. The Morgan fingerprint density at radius 1 is 1.23 bits per heavy atom. The largest absolute Gasteiger partial charge is 1.00 e. The van der Waals surface area contributed by atoms with Gasteiger partial charge in [-0.3, -0.25) is 4.55 Å². The van der Waals surface area contributed by atoms with Gasteiger partial charge in [0.2, 0.25) is 0 Å². The maximum atomic E-state index is 10.3. The average Bonchev–Trinajstić information content (AvgIpc) is 1.94. The van der Waals surface area contributed by atoms with E-state index in [4.69, 9.17) is 4.55 Å². The third-order valence-electron chi connectivity index (χ3n) is 1.59. The monoisotopic (exact) mass is 216 g/mol. The van der Waals surface area contributed by atoms with Gasteiger partial charge in [0.1, 0.15) is 0 Å². The van der Waals surface area contributed by atoms with Gasteiger partial charge in [-0.2, -0.15) is 21.3 Å². The van der Waals surface area contributed by atoms with Crippen molar-refractivity contribution in [1.82, 2.24) is 0 Å². The summed E-state index contributed by atoms with van der Waals surface area (Å²) in [5, 5.41) is 0. The summed E-state index contributed by atoms with van der Waals surface area (Å²) >= 11 is 0. The fraction of sp³-hybridized carbons (Fsp3) is 0.875. The number of hydrogen-bond donors (Lipinski definition) is 1. The zero-order valence-corrected chi connectivity index (χ0v) is 11.3. The van der Waals surface area contributed by atoms with Crippen LogP contribution < -0.4 is 29.6 Å². The Kier molecular flexibility index (Phi) is 11.9. The first-order valence-electron chi connectivity index (χ1n) is 4.33. The number of rotatable bonds is 7. The molecule has 5 heteroatoms. The Morgan fingerprint density at radius 2 is 1.85 bits per heavy atom. The summed E-state index contributed by atoms with van der Waals surface area (Å²) in [6, 6.07) is 0. The predicted octanol–water partition coefficient (Wildman–Crippen LogP) is -0.947. The maximum absolute atomic E-state index is 10.3. The van der Waals surface area contributed by atoms with E-state index in [9.17, 15) is 8.42 Å². The van der Waals surface area contributed by atoms with Crippen LogP contribution in [0.1, 0.15) is 39.0 Å². The third kappa shape index (κ3) is 15.6. The van der Waals surface area contributed by atoms with Crippen molar-refractivity contribution in [3.8, 4) is 0 Å². The van der Waals surface area contributed by atoms with Crippen molar-refractivity contribution in [2.75, 3.05) is 5.75 Å². The summed E-state index contributed by atoms with van der Waals surface area (Å²) in [6.07, 6.45) is 6.80. The molecular weight excluding hydrogens is 199 g/mol. The van der Waals surface area contributed by atoms with Gasteiger partial charge in [-0.1, -0.05) is 26.2 Å². The van der Waals surface area contributed by atoms with E-state index in [1.54, 1.807) is 0 Å². The van der Waals surface area contributed by atoms with Crippen LogP contribution in [-0.2, 0) is 10.1 Å². The molecule has 0 atom stereocenters. The molecule has 0 saturated heterocycles. The van der Waals surface area contributed by atoms with Gasteiger partial charge >= 0.3 is 29.6 Å². The molecule has 0 bridgehead atoms. The molecule has 0 aliphatic heterocycles. The minimum absolute atomic E-state index is 0. The summed E-state index contributed by atoms with van der Waals surface area (Å²) in [5.41, 5.74) is 0. The molecule has 0 aliphatic rings. The van der Waals surface area contributed by atoms with Crippen molar-refractivity contribution in [2.45, 2.75) is 39.0 Å². The molecule has 0 aromatic rings. The normalized spacial score (nSPS) is 10.9. The Morgan fingerprint density at radius 3 is 2.31 bits per heavy atom. The second kappa shape index (κ2) is 9.46. The average molecular weight is 216 g/mol. The summed E-state index contributed by atoms with van der Waals surface area (Å²) in [7, 11) is -3.75. The number of hydrogen-bond acceptors (Lipinski definition) is 2. The zero-order valence-electron chi connectivity index (χ0n) is 8.49. The van der Waals surface area contributed by atoms with Gasteiger partial charge in [0.05, 0.1) is 0 Å². The molecular formula is C8H17NaO3S. The standard InChI is InChI=1S/C8H17O3S.Na/c1-2-3-4-5-6-7-8-12(9,10)11;/h6H,2-5,7-8H2,1H3,(H,9,10,11);/q-1;+1. The van der Waals surface area contributed by atoms with E-state index in [1.807, 2.05) is 6.42 Å². The van der Waals surface area contributed by atoms with Crippen LogP contribution in [0.3, 0.4) is 0 Å². The molecule has 0 spiro atoms. The first kappa shape index (κ1) is 16.3. The van der Waals surface area contributed by atoms with E-state index in [0.717, 1.165) is 12.8 Å². The number of unbranched alkanes of at least 4 members (excludes halogenated alkanes) is 5. The summed E-state index contributed by atoms with van der Waals surface area (Å²) in [6.45, 7) is 2.12. The van der Waals surface area contributed by atoms with Crippen LogP contribution in [0.5, 0.6) is 0 Å². The van der Waals surface area contributed by atoms with Crippen LogP contribution >= 0.6 is 0 Å². The molecule has 74 valence electrons. The van der Waals surface area contributed by atoms with Crippen LogP contribution in [0.2, 0.25) is 0 Å². The fourth-order valence-electron chi connectivity index (χ4n) is 0.915. The van der Waals surface area contributed by atoms with Crippen molar-refractivity contribution in [3.05, 3.63) is 6.42 Å². The molecule has 0 aromatic heterocycles. The van der Waals surface area contributed by atoms with Gasteiger partial charge in [0.15, 0.2) is 0 Å². The minimum atomic E-state index is -3.75. The molecule has 0 aromatic carbocycles. The van der Waals surface area contributed by atoms with Gasteiger partial charge in [-0.05, 0) is 0 Å². The third-order valence-corrected chi connectivity index (χ3v) is 2.34. The van der Waals surface area contributed by atoms with Gasteiger partial charge in [0.25, 0.3) is 10.1 Å².